The quantitative estimate of drug-likeness (QED) is 0.537. The van der Waals surface area contributed by atoms with Crippen LogP contribution in [0.1, 0.15) is 18.5 Å². The Balaban J connectivity index is 3.19. The van der Waals surface area contributed by atoms with Crippen LogP contribution in [0.4, 0.5) is 4.79 Å². The maximum atomic E-state index is 11.0. The molecule has 0 saturated carbocycles. The van der Waals surface area contributed by atoms with Crippen LogP contribution in [0.5, 0.6) is 11.5 Å². The van der Waals surface area contributed by atoms with Crippen molar-refractivity contribution in [1.29, 1.82) is 0 Å². The molecule has 9 heteroatoms. The van der Waals surface area contributed by atoms with Crippen molar-refractivity contribution in [2.45, 2.75) is 19.1 Å². The molecule has 2 atom stereocenters. The van der Waals surface area contributed by atoms with E-state index < -0.39 is 24.3 Å². The number of esters is 1. The summed E-state index contributed by atoms with van der Waals surface area (Å²) in [4.78, 5) is 25.9. The molecule has 1 heterocycles. The highest BCUT2D eigenvalue weighted by Crippen LogP contribution is 2.35. The minimum atomic E-state index is -1.68. The average molecular weight is 314 g/mol. The lowest BCUT2D eigenvalue weighted by molar-refractivity contribution is -0.145. The van der Waals surface area contributed by atoms with Crippen LogP contribution in [0, 0.1) is 0 Å². The summed E-state index contributed by atoms with van der Waals surface area (Å²) in [7, 11) is 2.81. The highest BCUT2D eigenvalue weighted by Gasteiger charge is 2.31. The van der Waals surface area contributed by atoms with E-state index in [2.05, 4.69) is 9.72 Å². The fourth-order valence-corrected chi connectivity index (χ4v) is 1.78. The number of carbonyl (C=O) groups excluding carboxylic acids is 2. The van der Waals surface area contributed by atoms with Gasteiger partial charge in [-0.25, -0.2) is 4.79 Å². The van der Waals surface area contributed by atoms with Gasteiger partial charge in [0, 0.05) is 19.2 Å². The number of ether oxygens (including phenoxy) is 4. The Morgan fingerprint density at radius 1 is 1.36 bits per heavy atom. The molecular formula is C13H18N2O7. The number of carbonyl (C=O) groups is 2. The third-order valence-electron chi connectivity index (χ3n) is 2.72. The number of aliphatic hydroxyl groups excluding tert-OH is 1. The van der Waals surface area contributed by atoms with Crippen molar-refractivity contribution in [2.75, 3.05) is 20.8 Å². The highest BCUT2D eigenvalue weighted by atomic mass is 16.6. The fourth-order valence-electron chi connectivity index (χ4n) is 1.78. The Bertz CT molecular complexity index is 535. The van der Waals surface area contributed by atoms with Crippen LogP contribution in [-0.2, 0) is 14.3 Å². The number of methoxy groups -OCH3 is 2. The van der Waals surface area contributed by atoms with Crippen molar-refractivity contribution in [2.24, 2.45) is 5.73 Å². The zero-order valence-corrected chi connectivity index (χ0v) is 12.4. The predicted octanol–water partition coefficient (Wildman–Crippen LogP) is 0.159. The molecule has 0 aromatic carbocycles. The van der Waals surface area contributed by atoms with Gasteiger partial charge in [0.1, 0.15) is 12.5 Å². The van der Waals surface area contributed by atoms with Gasteiger partial charge in [0.2, 0.25) is 6.29 Å². The molecule has 0 spiro atoms. The van der Waals surface area contributed by atoms with Crippen LogP contribution in [0.3, 0.4) is 0 Å². The summed E-state index contributed by atoms with van der Waals surface area (Å²) >= 11 is 0. The Morgan fingerprint density at radius 3 is 2.55 bits per heavy atom. The van der Waals surface area contributed by atoms with Gasteiger partial charge in [0.15, 0.2) is 11.5 Å². The van der Waals surface area contributed by atoms with Crippen molar-refractivity contribution >= 4 is 12.1 Å². The summed E-state index contributed by atoms with van der Waals surface area (Å²) in [5.41, 5.74) is 5.08. The summed E-state index contributed by atoms with van der Waals surface area (Å²) in [6, 6.07) is 1.55. The number of nitrogens with two attached hydrogens (primary N) is 1. The summed E-state index contributed by atoms with van der Waals surface area (Å²) in [6.07, 6.45) is -1.44. The summed E-state index contributed by atoms with van der Waals surface area (Å²) in [5, 5.41) is 9.98. The van der Waals surface area contributed by atoms with Gasteiger partial charge in [-0.05, 0) is 0 Å². The van der Waals surface area contributed by atoms with E-state index in [4.69, 9.17) is 19.9 Å². The minimum Gasteiger partial charge on any atom is -0.493 e. The van der Waals surface area contributed by atoms with Crippen molar-refractivity contribution in [3.8, 4) is 11.5 Å². The molecular weight excluding hydrogens is 296 g/mol. The van der Waals surface area contributed by atoms with Gasteiger partial charge in [0.25, 0.3) is 0 Å². The molecule has 22 heavy (non-hydrogen) atoms. The number of nitrogens with zero attached hydrogens (tertiary/aromatic N) is 1. The Kier molecular flexibility index (Phi) is 6.39. The summed E-state index contributed by atoms with van der Waals surface area (Å²) < 4.78 is 19.7. The van der Waals surface area contributed by atoms with Crippen molar-refractivity contribution in [3.63, 3.8) is 0 Å². The smallest absolute Gasteiger partial charge is 0.406 e. The second kappa shape index (κ2) is 8.03. The molecule has 1 aromatic rings. The number of amides is 1. The molecule has 0 fully saturated rings. The second-order valence-corrected chi connectivity index (χ2v) is 4.17. The molecule has 0 radical (unpaired) electrons. The molecule has 0 aliphatic carbocycles. The summed E-state index contributed by atoms with van der Waals surface area (Å²) in [6.45, 7) is 0.912. The third-order valence-corrected chi connectivity index (χ3v) is 2.72. The molecule has 1 amide bonds. The zero-order valence-electron chi connectivity index (χ0n) is 12.4. The van der Waals surface area contributed by atoms with Gasteiger partial charge in [-0.1, -0.05) is 0 Å². The molecule has 1 aromatic heterocycles. The molecule has 0 saturated heterocycles. The number of hydrogen-bond donors (Lipinski definition) is 2. The molecule has 1 rings (SSSR count). The first-order chi connectivity index (χ1) is 10.4. The van der Waals surface area contributed by atoms with Gasteiger partial charge in [0.05, 0.1) is 19.9 Å². The number of aromatic nitrogens is 1. The Labute approximate surface area is 126 Å². The lowest BCUT2D eigenvalue weighted by atomic mass is 10.0. The molecule has 0 aliphatic heterocycles. The van der Waals surface area contributed by atoms with Crippen LogP contribution < -0.4 is 15.2 Å². The van der Waals surface area contributed by atoms with E-state index in [1.807, 2.05) is 0 Å². The fraction of sp³-hybridized carbons (Fsp3) is 0.462. The van der Waals surface area contributed by atoms with Gasteiger partial charge in [-0.15, -0.1) is 0 Å². The van der Waals surface area contributed by atoms with Gasteiger partial charge in [-0.3, -0.25) is 9.78 Å². The number of hydrogen-bond acceptors (Lipinski definition) is 8. The Morgan fingerprint density at radius 2 is 2.05 bits per heavy atom. The average Bonchev–Trinajstić information content (AvgIpc) is 2.45. The second-order valence-electron chi connectivity index (χ2n) is 4.17. The molecule has 9 nitrogen and oxygen atoms in total. The number of pyridine rings is 1. The summed E-state index contributed by atoms with van der Waals surface area (Å²) in [5.74, 6) is -1.000. The number of aliphatic hydroxyl groups is 1. The molecule has 1 unspecified atom stereocenters. The maximum absolute atomic E-state index is 11.0. The van der Waals surface area contributed by atoms with E-state index in [1.54, 1.807) is 6.07 Å². The minimum absolute atomic E-state index is 0.192. The van der Waals surface area contributed by atoms with Crippen molar-refractivity contribution < 1.29 is 33.6 Å². The predicted molar refractivity (Wildman–Crippen MR) is 73.4 cm³/mol. The van der Waals surface area contributed by atoms with Crippen LogP contribution in [0.2, 0.25) is 0 Å². The van der Waals surface area contributed by atoms with Crippen LogP contribution in [-0.4, -0.2) is 49.3 Å². The van der Waals surface area contributed by atoms with Crippen LogP contribution >= 0.6 is 0 Å². The molecule has 3 N–H and O–H groups in total. The first kappa shape index (κ1) is 17.5. The Hall–Kier alpha value is -2.55. The topological polar surface area (TPSA) is 130 Å². The van der Waals surface area contributed by atoms with E-state index >= 15 is 0 Å². The standard InChI is InChI=1S/C13H18N2O7/c1-7(16)21-6-8(12(17)22-13(14)18)10-11(20-3)9(19-2)4-5-15-10/h4-5,8,12,17H,6H2,1-3H3,(H2,14,18)/t8-,12?/m0/s1. The van der Waals surface area contributed by atoms with E-state index in [9.17, 15) is 14.7 Å². The highest BCUT2D eigenvalue weighted by molar-refractivity contribution is 5.66. The third kappa shape index (κ3) is 4.48. The zero-order chi connectivity index (χ0) is 16.7. The van der Waals surface area contributed by atoms with E-state index in [0.717, 1.165) is 0 Å². The van der Waals surface area contributed by atoms with Crippen molar-refractivity contribution in [1.82, 2.24) is 4.98 Å². The van der Waals surface area contributed by atoms with E-state index in [-0.39, 0.29) is 18.1 Å². The first-order valence-corrected chi connectivity index (χ1v) is 6.25. The normalized spacial score (nSPS) is 12.9. The van der Waals surface area contributed by atoms with Gasteiger partial charge < -0.3 is 29.8 Å². The van der Waals surface area contributed by atoms with Crippen LogP contribution in [0.25, 0.3) is 0 Å². The monoisotopic (exact) mass is 314 g/mol. The number of rotatable bonds is 7. The van der Waals surface area contributed by atoms with Gasteiger partial charge >= 0.3 is 12.1 Å². The number of primary amides is 1. The van der Waals surface area contributed by atoms with Crippen LogP contribution in [0.15, 0.2) is 12.3 Å². The van der Waals surface area contributed by atoms with E-state index in [0.29, 0.717) is 5.75 Å². The SMILES string of the molecule is COc1ccnc([C@H](COC(C)=O)C(O)OC(N)=O)c1OC. The lowest BCUT2D eigenvalue weighted by Crippen LogP contribution is -2.32. The van der Waals surface area contributed by atoms with E-state index in [1.165, 1.54) is 27.3 Å². The first-order valence-electron chi connectivity index (χ1n) is 6.25. The molecule has 0 bridgehead atoms. The maximum Gasteiger partial charge on any atom is 0.406 e. The van der Waals surface area contributed by atoms with Crippen molar-refractivity contribution in [3.05, 3.63) is 18.0 Å². The largest absolute Gasteiger partial charge is 0.493 e. The molecule has 0 aliphatic rings. The van der Waals surface area contributed by atoms with Gasteiger partial charge in [-0.2, -0.15) is 0 Å². The molecule has 122 valence electrons. The lowest BCUT2D eigenvalue weighted by Gasteiger charge is -2.23.